The summed E-state index contributed by atoms with van der Waals surface area (Å²) in [6, 6.07) is 6.86. The average Bonchev–Trinajstić information content (AvgIpc) is 2.61. The molecule has 25 heavy (non-hydrogen) atoms. The van der Waals surface area contributed by atoms with Crippen molar-refractivity contribution in [3.05, 3.63) is 36.2 Å². The molecule has 2 heterocycles. The number of amides is 1. The van der Waals surface area contributed by atoms with Gasteiger partial charge >= 0.3 is 0 Å². The largest absolute Gasteiger partial charge is 0.486 e. The molecule has 1 aromatic heterocycles. The number of benzene rings is 1. The number of rotatable bonds is 6. The molecule has 0 bridgehead atoms. The molecule has 0 unspecified atom stereocenters. The second-order valence-corrected chi connectivity index (χ2v) is 5.81. The van der Waals surface area contributed by atoms with Crippen LogP contribution in [-0.4, -0.2) is 61.2 Å². The lowest BCUT2D eigenvalue weighted by Gasteiger charge is -2.19. The lowest BCUT2D eigenvalue weighted by atomic mass is 10.2. The van der Waals surface area contributed by atoms with Gasteiger partial charge in [-0.3, -0.25) is 4.79 Å². The Bertz CT molecular complexity index is 751. The zero-order chi connectivity index (χ0) is 17.6. The topological polar surface area (TPSA) is 88.6 Å². The van der Waals surface area contributed by atoms with Crippen LogP contribution in [0.1, 0.15) is 10.5 Å². The smallest absolute Gasteiger partial charge is 0.274 e. The van der Waals surface area contributed by atoms with Gasteiger partial charge in [-0.2, -0.15) is 0 Å². The minimum atomic E-state index is -0.310. The van der Waals surface area contributed by atoms with Crippen LogP contribution in [0.2, 0.25) is 0 Å². The van der Waals surface area contributed by atoms with Crippen LogP contribution in [0, 0.1) is 0 Å². The molecule has 0 aliphatic carbocycles. The van der Waals surface area contributed by atoms with Gasteiger partial charge in [0.15, 0.2) is 11.5 Å². The summed E-state index contributed by atoms with van der Waals surface area (Å²) in [6.45, 7) is 2.57. The molecule has 3 rings (SSSR count). The molecule has 1 amide bonds. The number of likely N-dealkylation sites (N-methyl/N-ethyl adjacent to an activating group) is 1. The van der Waals surface area contributed by atoms with Gasteiger partial charge < -0.3 is 25.0 Å². The van der Waals surface area contributed by atoms with Gasteiger partial charge in [0.25, 0.3) is 5.91 Å². The number of ether oxygens (including phenoxy) is 2. The third-order valence-corrected chi connectivity index (χ3v) is 3.53. The van der Waals surface area contributed by atoms with Gasteiger partial charge in [-0.1, -0.05) is 0 Å². The molecule has 132 valence electrons. The van der Waals surface area contributed by atoms with Crippen molar-refractivity contribution in [2.45, 2.75) is 0 Å². The highest BCUT2D eigenvalue weighted by atomic mass is 16.6. The van der Waals surface area contributed by atoms with E-state index in [4.69, 9.17) is 9.47 Å². The van der Waals surface area contributed by atoms with Gasteiger partial charge in [-0.15, -0.1) is 0 Å². The molecule has 0 spiro atoms. The lowest BCUT2D eigenvalue weighted by Crippen LogP contribution is -2.22. The number of hydrogen-bond donors (Lipinski definition) is 2. The van der Waals surface area contributed by atoms with Gasteiger partial charge in [0.2, 0.25) is 5.95 Å². The first kappa shape index (κ1) is 17.0. The van der Waals surface area contributed by atoms with Crippen molar-refractivity contribution in [1.82, 2.24) is 14.9 Å². The minimum Gasteiger partial charge on any atom is -0.486 e. The van der Waals surface area contributed by atoms with E-state index in [1.54, 1.807) is 30.5 Å². The van der Waals surface area contributed by atoms with Crippen LogP contribution in [0.25, 0.3) is 0 Å². The summed E-state index contributed by atoms with van der Waals surface area (Å²) < 4.78 is 11.0. The van der Waals surface area contributed by atoms with Crippen molar-refractivity contribution >= 4 is 17.5 Å². The van der Waals surface area contributed by atoms with Gasteiger partial charge in [-0.25, -0.2) is 9.97 Å². The first-order chi connectivity index (χ1) is 12.1. The quantitative estimate of drug-likeness (QED) is 0.821. The highest BCUT2D eigenvalue weighted by Crippen LogP contribution is 2.32. The van der Waals surface area contributed by atoms with Crippen LogP contribution in [0.4, 0.5) is 11.6 Å². The number of nitrogens with zero attached hydrogens (tertiary/aromatic N) is 3. The molecular formula is C17H21N5O3. The van der Waals surface area contributed by atoms with Gasteiger partial charge in [0.05, 0.1) is 0 Å². The van der Waals surface area contributed by atoms with E-state index in [1.807, 2.05) is 19.0 Å². The number of carbonyl (C=O) groups is 1. The number of nitrogens with one attached hydrogen (secondary N) is 2. The van der Waals surface area contributed by atoms with Gasteiger partial charge in [0, 0.05) is 31.0 Å². The van der Waals surface area contributed by atoms with E-state index in [9.17, 15) is 4.79 Å². The Morgan fingerprint density at radius 3 is 2.80 bits per heavy atom. The number of fused-ring (bicyclic) bond motifs is 1. The van der Waals surface area contributed by atoms with Crippen molar-refractivity contribution < 1.29 is 14.3 Å². The number of carbonyl (C=O) groups excluding carboxylic acids is 1. The number of hydrogen-bond acceptors (Lipinski definition) is 7. The van der Waals surface area contributed by atoms with E-state index in [0.29, 0.717) is 42.9 Å². The molecule has 8 heteroatoms. The lowest BCUT2D eigenvalue weighted by molar-refractivity contribution is 0.102. The Balaban J connectivity index is 1.65. The molecule has 1 aliphatic heterocycles. The Kier molecular flexibility index (Phi) is 5.30. The van der Waals surface area contributed by atoms with Gasteiger partial charge in [0.1, 0.15) is 18.9 Å². The standard InChI is InChI=1S/C17H21N5O3/c1-22(2)8-7-19-17-18-6-5-13(21-17)16(23)20-12-3-4-14-15(11-12)25-10-9-24-14/h3-6,11H,7-10H2,1-2H3,(H,20,23)(H,18,19,21). The normalized spacial score (nSPS) is 12.8. The van der Waals surface area contributed by atoms with E-state index in [0.717, 1.165) is 6.54 Å². The molecule has 0 saturated heterocycles. The third kappa shape index (κ3) is 4.57. The van der Waals surface area contributed by atoms with E-state index >= 15 is 0 Å². The number of anilines is 2. The molecule has 8 nitrogen and oxygen atoms in total. The maximum absolute atomic E-state index is 12.4. The molecule has 0 atom stereocenters. The fourth-order valence-corrected chi connectivity index (χ4v) is 2.28. The molecule has 0 fully saturated rings. The van der Waals surface area contributed by atoms with Crippen LogP contribution in [0.3, 0.4) is 0 Å². The zero-order valence-corrected chi connectivity index (χ0v) is 14.3. The van der Waals surface area contributed by atoms with E-state index in [1.165, 1.54) is 0 Å². The predicted molar refractivity (Wildman–Crippen MR) is 94.5 cm³/mol. The summed E-state index contributed by atoms with van der Waals surface area (Å²) in [5.41, 5.74) is 0.909. The number of aromatic nitrogens is 2. The Hall–Kier alpha value is -2.87. The fraction of sp³-hybridized carbons (Fsp3) is 0.353. The predicted octanol–water partition coefficient (Wildman–Crippen LogP) is 1.47. The fourth-order valence-electron chi connectivity index (χ4n) is 2.28. The SMILES string of the molecule is CN(C)CCNc1nccc(C(=O)Nc2ccc3c(c2)OCCO3)n1. The second-order valence-electron chi connectivity index (χ2n) is 5.81. The van der Waals surface area contributed by atoms with Crippen LogP contribution in [0.15, 0.2) is 30.5 Å². The van der Waals surface area contributed by atoms with Gasteiger partial charge in [-0.05, 0) is 32.3 Å². The van der Waals surface area contributed by atoms with Crippen LogP contribution in [-0.2, 0) is 0 Å². The molecular weight excluding hydrogens is 322 g/mol. The van der Waals surface area contributed by atoms with Crippen LogP contribution in [0.5, 0.6) is 11.5 Å². The molecule has 1 aliphatic rings. The molecule has 0 radical (unpaired) electrons. The van der Waals surface area contributed by atoms with Crippen molar-refractivity contribution in [2.75, 3.05) is 51.0 Å². The van der Waals surface area contributed by atoms with Crippen LogP contribution >= 0.6 is 0 Å². The molecule has 2 aromatic rings. The maximum Gasteiger partial charge on any atom is 0.274 e. The monoisotopic (exact) mass is 343 g/mol. The van der Waals surface area contributed by atoms with E-state index in [-0.39, 0.29) is 11.6 Å². The minimum absolute atomic E-state index is 0.289. The Labute approximate surface area is 146 Å². The van der Waals surface area contributed by atoms with Crippen molar-refractivity contribution in [1.29, 1.82) is 0 Å². The van der Waals surface area contributed by atoms with E-state index < -0.39 is 0 Å². The molecule has 0 saturated carbocycles. The Morgan fingerprint density at radius 2 is 2.00 bits per heavy atom. The summed E-state index contributed by atoms with van der Waals surface area (Å²) in [5.74, 6) is 1.42. The van der Waals surface area contributed by atoms with Crippen molar-refractivity contribution in [2.24, 2.45) is 0 Å². The zero-order valence-electron chi connectivity index (χ0n) is 14.3. The van der Waals surface area contributed by atoms with Crippen molar-refractivity contribution in [3.63, 3.8) is 0 Å². The average molecular weight is 343 g/mol. The van der Waals surface area contributed by atoms with Crippen molar-refractivity contribution in [3.8, 4) is 11.5 Å². The summed E-state index contributed by atoms with van der Waals surface area (Å²) >= 11 is 0. The maximum atomic E-state index is 12.4. The van der Waals surface area contributed by atoms with Crippen LogP contribution < -0.4 is 20.1 Å². The molecule has 2 N–H and O–H groups in total. The summed E-state index contributed by atoms with van der Waals surface area (Å²) in [4.78, 5) is 22.8. The third-order valence-electron chi connectivity index (χ3n) is 3.53. The highest BCUT2D eigenvalue weighted by molar-refractivity contribution is 6.03. The molecule has 1 aromatic carbocycles. The summed E-state index contributed by atoms with van der Waals surface area (Å²) in [5, 5.41) is 5.90. The summed E-state index contributed by atoms with van der Waals surface area (Å²) in [7, 11) is 3.97. The van der Waals surface area contributed by atoms with E-state index in [2.05, 4.69) is 20.6 Å². The first-order valence-corrected chi connectivity index (χ1v) is 8.04. The Morgan fingerprint density at radius 1 is 1.20 bits per heavy atom. The highest BCUT2D eigenvalue weighted by Gasteiger charge is 2.14. The first-order valence-electron chi connectivity index (χ1n) is 8.04. The summed E-state index contributed by atoms with van der Waals surface area (Å²) in [6.07, 6.45) is 1.56. The second kappa shape index (κ2) is 7.80.